The van der Waals surface area contributed by atoms with Gasteiger partial charge in [-0.2, -0.15) is 0 Å². The zero-order chi connectivity index (χ0) is 18.1. The van der Waals surface area contributed by atoms with Gasteiger partial charge in [0.15, 0.2) is 0 Å². The molecule has 1 aliphatic heterocycles. The summed E-state index contributed by atoms with van der Waals surface area (Å²) in [5.74, 6) is 1.95. The Hall–Kier alpha value is -0.300. The molecule has 2 aliphatic rings. The molecule has 0 spiro atoms. The van der Waals surface area contributed by atoms with Crippen molar-refractivity contribution in [2.75, 3.05) is 32.1 Å². The molecular weight excluding hydrogens is 336 g/mol. The summed E-state index contributed by atoms with van der Waals surface area (Å²) in [5.41, 5.74) is 0. The number of rotatable bonds is 9. The third-order valence-electron chi connectivity index (χ3n) is 5.37. The van der Waals surface area contributed by atoms with E-state index in [1.807, 2.05) is 11.8 Å². The van der Waals surface area contributed by atoms with Crippen molar-refractivity contribution in [1.29, 1.82) is 0 Å². The van der Waals surface area contributed by atoms with E-state index in [1.54, 1.807) is 11.9 Å². The molecule has 1 saturated carbocycles. The quantitative estimate of drug-likeness (QED) is 0.630. The molecule has 0 bridgehead atoms. The number of carbonyl (C=O) groups is 1. The molecule has 6 heteroatoms. The van der Waals surface area contributed by atoms with Crippen molar-refractivity contribution in [2.24, 2.45) is 5.92 Å². The fourth-order valence-corrected chi connectivity index (χ4v) is 4.46. The topological polar surface area (TPSA) is 50.8 Å². The van der Waals surface area contributed by atoms with Crippen molar-refractivity contribution >= 4 is 17.9 Å². The van der Waals surface area contributed by atoms with Gasteiger partial charge in [-0.05, 0) is 51.4 Å². The summed E-state index contributed by atoms with van der Waals surface area (Å²) in [7, 11) is 0. The maximum atomic E-state index is 12.6. The molecule has 0 aromatic rings. The van der Waals surface area contributed by atoms with Gasteiger partial charge in [0, 0.05) is 24.9 Å². The second-order valence-electron chi connectivity index (χ2n) is 7.31. The number of nitrogens with one attached hydrogen (secondary N) is 1. The van der Waals surface area contributed by atoms with E-state index in [0.717, 1.165) is 43.9 Å². The zero-order valence-corrected chi connectivity index (χ0v) is 17.0. The summed E-state index contributed by atoms with van der Waals surface area (Å²) >= 11 is 1.74. The first-order valence-electron chi connectivity index (χ1n) is 10.0. The maximum absolute atomic E-state index is 12.6. The normalized spacial score (nSPS) is 30.4. The van der Waals surface area contributed by atoms with E-state index in [4.69, 9.17) is 9.47 Å². The smallest absolute Gasteiger partial charge is 0.248 e. The van der Waals surface area contributed by atoms with Crippen molar-refractivity contribution in [2.45, 2.75) is 77.5 Å². The number of piperidine rings is 1. The molecule has 5 nitrogen and oxygen atoms in total. The van der Waals surface area contributed by atoms with Crippen LogP contribution in [0, 0.1) is 5.92 Å². The maximum Gasteiger partial charge on any atom is 0.248 e. The van der Waals surface area contributed by atoms with Crippen LogP contribution in [-0.2, 0) is 14.3 Å². The number of nitrogens with zero attached hydrogens (tertiary/aromatic N) is 1. The Labute approximate surface area is 157 Å². The summed E-state index contributed by atoms with van der Waals surface area (Å²) in [5, 5.41) is 0. The molecule has 2 rings (SSSR count). The Balaban J connectivity index is 1.94. The number of ether oxygens (including phenoxy) is 2. The van der Waals surface area contributed by atoms with Crippen LogP contribution in [0.5, 0.6) is 0 Å². The molecule has 1 amide bonds. The second-order valence-corrected chi connectivity index (χ2v) is 8.41. The predicted molar refractivity (Wildman–Crippen MR) is 104 cm³/mol. The summed E-state index contributed by atoms with van der Waals surface area (Å²) < 4.78 is 15.2. The fourth-order valence-electron chi connectivity index (χ4n) is 3.80. The van der Waals surface area contributed by atoms with Crippen molar-refractivity contribution in [1.82, 2.24) is 9.62 Å². The highest BCUT2D eigenvalue weighted by molar-refractivity contribution is 7.97. The van der Waals surface area contributed by atoms with Gasteiger partial charge in [0.25, 0.3) is 0 Å². The monoisotopic (exact) mass is 372 g/mol. The van der Waals surface area contributed by atoms with Gasteiger partial charge in [0.05, 0.1) is 18.8 Å². The van der Waals surface area contributed by atoms with Gasteiger partial charge in [0.1, 0.15) is 6.61 Å². The third kappa shape index (κ3) is 6.74. The Kier molecular flexibility index (Phi) is 9.60. The van der Waals surface area contributed by atoms with Crippen LogP contribution in [-0.4, -0.2) is 61.1 Å². The van der Waals surface area contributed by atoms with Crippen LogP contribution in [0.25, 0.3) is 0 Å². The van der Waals surface area contributed by atoms with E-state index in [1.165, 1.54) is 12.8 Å². The van der Waals surface area contributed by atoms with Crippen molar-refractivity contribution in [3.63, 3.8) is 0 Å². The van der Waals surface area contributed by atoms with Crippen LogP contribution in [0.2, 0.25) is 0 Å². The molecule has 2 fully saturated rings. The van der Waals surface area contributed by atoms with E-state index in [-0.39, 0.29) is 18.6 Å². The first-order valence-corrected chi connectivity index (χ1v) is 11.0. The molecule has 25 heavy (non-hydrogen) atoms. The SMILES string of the molecule is CCOCC(=O)N1CCCC(NSCC)C1COC1CCC(C)CC1. The van der Waals surface area contributed by atoms with Gasteiger partial charge in [0.2, 0.25) is 5.91 Å². The molecule has 146 valence electrons. The first-order chi connectivity index (χ1) is 12.2. The van der Waals surface area contributed by atoms with E-state index in [2.05, 4.69) is 18.6 Å². The summed E-state index contributed by atoms with van der Waals surface area (Å²) in [6, 6.07) is 0.409. The van der Waals surface area contributed by atoms with Crippen molar-refractivity contribution in [3.8, 4) is 0 Å². The van der Waals surface area contributed by atoms with Crippen LogP contribution in [0.3, 0.4) is 0 Å². The Bertz CT molecular complexity index is 389. The van der Waals surface area contributed by atoms with Crippen LogP contribution in [0.1, 0.15) is 59.3 Å². The van der Waals surface area contributed by atoms with Crippen LogP contribution in [0.15, 0.2) is 0 Å². The minimum absolute atomic E-state index is 0.0979. The average Bonchev–Trinajstić information content (AvgIpc) is 2.64. The van der Waals surface area contributed by atoms with Gasteiger partial charge in [-0.3, -0.25) is 9.52 Å². The Morgan fingerprint density at radius 1 is 1.20 bits per heavy atom. The van der Waals surface area contributed by atoms with Gasteiger partial charge < -0.3 is 14.4 Å². The molecule has 0 aromatic heterocycles. The zero-order valence-electron chi connectivity index (χ0n) is 16.2. The standard InChI is InChI=1S/C19H36N2O3S/c1-4-23-14-19(22)21-12-6-7-17(20-25-5-2)18(21)13-24-16-10-8-15(3)9-11-16/h15-18,20H,4-14H2,1-3H3. The lowest BCUT2D eigenvalue weighted by Gasteiger charge is -2.42. The third-order valence-corrected chi connectivity index (χ3v) is 6.13. The molecule has 0 aromatic carbocycles. The lowest BCUT2D eigenvalue weighted by atomic mass is 9.89. The summed E-state index contributed by atoms with van der Waals surface area (Å²) in [6.45, 7) is 8.61. The molecule has 2 atom stereocenters. The van der Waals surface area contributed by atoms with Crippen molar-refractivity contribution in [3.05, 3.63) is 0 Å². The first kappa shape index (κ1) is 21.0. The lowest BCUT2D eigenvalue weighted by Crippen LogP contribution is -2.57. The van der Waals surface area contributed by atoms with Crippen LogP contribution < -0.4 is 4.72 Å². The number of hydrogen-bond acceptors (Lipinski definition) is 5. The van der Waals surface area contributed by atoms with Gasteiger partial charge >= 0.3 is 0 Å². The largest absolute Gasteiger partial charge is 0.376 e. The number of amides is 1. The highest BCUT2D eigenvalue weighted by atomic mass is 32.2. The second kappa shape index (κ2) is 11.4. The molecule has 1 heterocycles. The molecule has 2 unspecified atom stereocenters. The lowest BCUT2D eigenvalue weighted by molar-refractivity contribution is -0.143. The van der Waals surface area contributed by atoms with Gasteiger partial charge in [-0.25, -0.2) is 0 Å². The summed E-state index contributed by atoms with van der Waals surface area (Å²) in [4.78, 5) is 14.6. The van der Waals surface area contributed by atoms with E-state index in [9.17, 15) is 4.79 Å². The van der Waals surface area contributed by atoms with Gasteiger partial charge in [-0.15, -0.1) is 0 Å². The number of likely N-dealkylation sites (tertiary alicyclic amines) is 1. The van der Waals surface area contributed by atoms with Crippen LogP contribution >= 0.6 is 11.9 Å². The Morgan fingerprint density at radius 2 is 1.96 bits per heavy atom. The molecule has 1 saturated heterocycles. The van der Waals surface area contributed by atoms with E-state index < -0.39 is 0 Å². The summed E-state index contributed by atoms with van der Waals surface area (Å²) in [6.07, 6.45) is 7.33. The molecule has 1 N–H and O–H groups in total. The molecule has 0 radical (unpaired) electrons. The fraction of sp³-hybridized carbons (Fsp3) is 0.947. The highest BCUT2D eigenvalue weighted by Gasteiger charge is 2.35. The van der Waals surface area contributed by atoms with E-state index in [0.29, 0.717) is 25.4 Å². The average molecular weight is 373 g/mol. The minimum atomic E-state index is 0.0979. The highest BCUT2D eigenvalue weighted by Crippen LogP contribution is 2.27. The number of hydrogen-bond donors (Lipinski definition) is 1. The predicted octanol–water partition coefficient (Wildman–Crippen LogP) is 3.24. The van der Waals surface area contributed by atoms with Crippen LogP contribution in [0.4, 0.5) is 0 Å². The van der Waals surface area contributed by atoms with E-state index >= 15 is 0 Å². The Morgan fingerprint density at radius 3 is 2.64 bits per heavy atom. The van der Waals surface area contributed by atoms with Gasteiger partial charge in [-0.1, -0.05) is 25.8 Å². The number of carbonyl (C=O) groups excluding carboxylic acids is 1. The minimum Gasteiger partial charge on any atom is -0.376 e. The van der Waals surface area contributed by atoms with Crippen molar-refractivity contribution < 1.29 is 14.3 Å². The molecule has 1 aliphatic carbocycles. The molecular formula is C19H36N2O3S.